The van der Waals surface area contributed by atoms with Gasteiger partial charge in [0.05, 0.1) is 77.4 Å². The lowest BCUT2D eigenvalue weighted by Crippen LogP contribution is -2.24. The third-order valence-electron chi connectivity index (χ3n) is 13.0. The van der Waals surface area contributed by atoms with E-state index in [-0.39, 0.29) is 86.4 Å². The van der Waals surface area contributed by atoms with Gasteiger partial charge in [-0.3, -0.25) is 28.8 Å². The number of methoxy groups -OCH3 is 4. The SMILES string of the molecule is COc1cc2sc(C(=O)CCC#N)cc2cc1Br.COc1cc2sc(C(=O)CCC#N)cc2cc1CCCc1cc2cc(C(=O)CCC(=O)OC(C)(C)C)sc2cc1OC.COc1cc2sc(C(=O)CCC(=O)OC(C)(C)C)cc2cc1CCCBr. The van der Waals surface area contributed by atoms with E-state index in [0.717, 1.165) is 122 Å². The fourth-order valence-electron chi connectivity index (χ4n) is 9.02. The molecule has 0 saturated heterocycles. The Kier molecular flexibility index (Phi) is 25.5. The summed E-state index contributed by atoms with van der Waals surface area (Å²) in [6.45, 7) is 10.9. The average molecular weight is 1370 g/mol. The molecule has 4 aromatic carbocycles. The van der Waals surface area contributed by atoms with Gasteiger partial charge in [-0.05, 0) is 201 Å². The Morgan fingerprint density at radius 3 is 1.03 bits per heavy atom. The number of alkyl halides is 1. The highest BCUT2D eigenvalue weighted by atomic mass is 79.9. The topological polar surface area (TPSA) is 205 Å². The van der Waals surface area contributed by atoms with E-state index in [4.69, 9.17) is 38.9 Å². The van der Waals surface area contributed by atoms with E-state index in [1.807, 2.05) is 108 Å². The lowest BCUT2D eigenvalue weighted by molar-refractivity contribution is -0.155. The zero-order chi connectivity index (χ0) is 62.9. The number of hydrogen-bond donors (Lipinski definition) is 0. The predicted molar refractivity (Wildman–Crippen MR) is 353 cm³/mol. The second-order valence-corrected chi connectivity index (χ2v) is 27.9. The first-order valence-corrected chi connectivity index (χ1v) is 33.0. The van der Waals surface area contributed by atoms with E-state index in [2.05, 4.69) is 50.1 Å². The molecule has 86 heavy (non-hydrogen) atoms. The van der Waals surface area contributed by atoms with Crippen LogP contribution in [0.5, 0.6) is 23.0 Å². The van der Waals surface area contributed by atoms with E-state index in [1.165, 1.54) is 45.3 Å². The monoisotopic (exact) mass is 1370 g/mol. The number of nitrogens with zero attached hydrogens (tertiary/aromatic N) is 2. The number of carbonyl (C=O) groups excluding carboxylic acids is 6. The van der Waals surface area contributed by atoms with E-state index in [0.29, 0.717) is 19.5 Å². The van der Waals surface area contributed by atoms with Crippen LogP contribution >= 0.6 is 77.2 Å². The van der Waals surface area contributed by atoms with Crippen molar-refractivity contribution >= 4 is 153 Å². The van der Waals surface area contributed by atoms with Crippen molar-refractivity contribution in [3.8, 4) is 35.1 Å². The highest BCUT2D eigenvalue weighted by Crippen LogP contribution is 2.39. The van der Waals surface area contributed by atoms with E-state index >= 15 is 0 Å². The van der Waals surface area contributed by atoms with Gasteiger partial charge in [-0.15, -0.1) is 45.3 Å². The van der Waals surface area contributed by atoms with Gasteiger partial charge < -0.3 is 28.4 Å². The first-order valence-electron chi connectivity index (χ1n) is 27.8. The van der Waals surface area contributed by atoms with Crippen molar-refractivity contribution < 1.29 is 57.2 Å². The number of ketones is 4. The molecule has 0 N–H and O–H groups in total. The summed E-state index contributed by atoms with van der Waals surface area (Å²) in [6.07, 6.45) is 5.73. The molecule has 0 aliphatic heterocycles. The van der Waals surface area contributed by atoms with Gasteiger partial charge in [0.15, 0.2) is 23.1 Å². The molecule has 0 radical (unpaired) electrons. The maximum absolute atomic E-state index is 12.8. The molecular formula is C66H70Br2N2O12S4. The van der Waals surface area contributed by atoms with Crippen LogP contribution in [0.1, 0.15) is 161 Å². The Balaban J connectivity index is 0.000000228. The zero-order valence-corrected chi connectivity index (χ0v) is 56.4. The van der Waals surface area contributed by atoms with Crippen molar-refractivity contribution in [2.45, 2.75) is 136 Å². The molecule has 0 spiro atoms. The number of nitriles is 2. The third kappa shape index (κ3) is 19.8. The fourth-order valence-corrected chi connectivity index (χ4v) is 14.0. The quantitative estimate of drug-likeness (QED) is 0.0297. The van der Waals surface area contributed by atoms with Crippen LogP contribution in [0.15, 0.2) is 77.3 Å². The number of Topliss-reactive ketones (excluding diaryl/α,β-unsaturated/α-hetero) is 4. The number of fused-ring (bicyclic) bond motifs is 4. The molecule has 0 unspecified atom stereocenters. The van der Waals surface area contributed by atoms with Gasteiger partial charge in [-0.1, -0.05) is 15.9 Å². The summed E-state index contributed by atoms with van der Waals surface area (Å²) in [6, 6.07) is 27.6. The highest BCUT2D eigenvalue weighted by Gasteiger charge is 2.22. The second kappa shape index (κ2) is 31.9. The largest absolute Gasteiger partial charge is 0.496 e. The van der Waals surface area contributed by atoms with Crippen LogP contribution in [0.4, 0.5) is 0 Å². The Morgan fingerprint density at radius 1 is 0.430 bits per heavy atom. The first-order chi connectivity index (χ1) is 40.9. The van der Waals surface area contributed by atoms with Crippen LogP contribution in [0.2, 0.25) is 0 Å². The van der Waals surface area contributed by atoms with Crippen molar-refractivity contribution in [2.75, 3.05) is 33.8 Å². The zero-order valence-electron chi connectivity index (χ0n) is 50.0. The Morgan fingerprint density at radius 2 is 0.733 bits per heavy atom. The van der Waals surface area contributed by atoms with Gasteiger partial charge in [-0.2, -0.15) is 10.5 Å². The molecule has 0 amide bonds. The van der Waals surface area contributed by atoms with Crippen molar-refractivity contribution in [1.82, 2.24) is 0 Å². The van der Waals surface area contributed by atoms with E-state index in [1.54, 1.807) is 28.4 Å². The summed E-state index contributed by atoms with van der Waals surface area (Å²) >= 11 is 12.6. The van der Waals surface area contributed by atoms with Gasteiger partial charge in [0.1, 0.15) is 34.2 Å². The highest BCUT2D eigenvalue weighted by molar-refractivity contribution is 9.10. The van der Waals surface area contributed by atoms with Gasteiger partial charge in [0.2, 0.25) is 0 Å². The number of ether oxygens (including phenoxy) is 6. The lowest BCUT2D eigenvalue weighted by atomic mass is 10.0. The van der Waals surface area contributed by atoms with Gasteiger partial charge in [0, 0.05) is 62.7 Å². The maximum atomic E-state index is 12.8. The number of carbonyl (C=O) groups is 6. The van der Waals surface area contributed by atoms with Crippen LogP contribution < -0.4 is 18.9 Å². The number of thiophene rings is 4. The molecule has 4 heterocycles. The van der Waals surface area contributed by atoms with Crippen LogP contribution in [0.3, 0.4) is 0 Å². The van der Waals surface area contributed by atoms with Crippen molar-refractivity contribution in [1.29, 1.82) is 10.5 Å². The van der Waals surface area contributed by atoms with Crippen LogP contribution in [-0.2, 0) is 38.3 Å². The molecule has 0 bridgehead atoms. The minimum atomic E-state index is -0.574. The molecule has 0 fully saturated rings. The van der Waals surface area contributed by atoms with Crippen molar-refractivity contribution in [3.63, 3.8) is 0 Å². The molecule has 0 saturated carbocycles. The van der Waals surface area contributed by atoms with Crippen LogP contribution in [0, 0.1) is 22.7 Å². The molecule has 4 aromatic heterocycles. The van der Waals surface area contributed by atoms with Gasteiger partial charge in [0.25, 0.3) is 0 Å². The molecule has 8 rings (SSSR count). The average Bonchev–Trinajstić information content (AvgIpc) is 3.30. The van der Waals surface area contributed by atoms with Gasteiger partial charge >= 0.3 is 11.9 Å². The molecule has 454 valence electrons. The summed E-state index contributed by atoms with van der Waals surface area (Å²) in [5, 5.41) is 22.2. The first kappa shape index (κ1) is 68.6. The van der Waals surface area contributed by atoms with E-state index < -0.39 is 11.2 Å². The Labute approximate surface area is 534 Å². The number of aryl methyl sites for hydroxylation is 3. The normalized spacial score (nSPS) is 11.2. The van der Waals surface area contributed by atoms with Gasteiger partial charge in [-0.25, -0.2) is 0 Å². The summed E-state index contributed by atoms with van der Waals surface area (Å²) in [5.41, 5.74) is 2.16. The standard InChI is InChI=1S/C33H35NO6S2.C20H25BrO4S.C13H10BrNO2S/c1-33(2,3)40-32(37)12-11-25(36)31-17-23-15-21(27(39-5)19-29(23)42-31)9-6-8-20-14-22-16-30(24(35)10-7-13-34)41-28(22)18-26(20)38-4;1-20(2,3)25-19(23)8-7-15(22)18-11-14-10-13(6-5-9-21)16(24-4)12-17(14)26-18;1-17-11-7-12-8(5-9(11)14)6-13(18-12)10(16)3-2-4-15/h14-19H,6-12H2,1-5H3;10-12H,5-9H2,1-4H3;5-7H,2-3H2,1H3. The van der Waals surface area contributed by atoms with E-state index in [9.17, 15) is 28.8 Å². The minimum Gasteiger partial charge on any atom is -0.496 e. The molecule has 20 heteroatoms. The van der Waals surface area contributed by atoms with Crippen molar-refractivity contribution in [3.05, 3.63) is 113 Å². The fraction of sp³-hybridized carbons (Fsp3) is 0.394. The van der Waals surface area contributed by atoms with Crippen LogP contribution in [0.25, 0.3) is 40.3 Å². The lowest BCUT2D eigenvalue weighted by Gasteiger charge is -2.19. The summed E-state index contributed by atoms with van der Waals surface area (Å²) in [5.74, 6) is 2.36. The van der Waals surface area contributed by atoms with Crippen LogP contribution in [-0.4, -0.2) is 80.0 Å². The summed E-state index contributed by atoms with van der Waals surface area (Å²) < 4.78 is 37.5. The number of esters is 2. The smallest absolute Gasteiger partial charge is 0.306 e. The third-order valence-corrected chi connectivity index (χ3v) is 18.7. The maximum Gasteiger partial charge on any atom is 0.306 e. The molecule has 0 atom stereocenters. The second-order valence-electron chi connectivity index (χ2n) is 21.9. The number of benzene rings is 4. The molecule has 0 aliphatic rings. The van der Waals surface area contributed by atoms with Crippen molar-refractivity contribution in [2.24, 2.45) is 0 Å². The number of hydrogen-bond acceptors (Lipinski definition) is 18. The Hall–Kier alpha value is -6.52. The summed E-state index contributed by atoms with van der Waals surface area (Å²) in [4.78, 5) is 76.0. The Bertz CT molecular complexity index is 3850. The minimum absolute atomic E-state index is 0.0120. The summed E-state index contributed by atoms with van der Waals surface area (Å²) in [7, 11) is 6.57. The number of halogens is 2. The molecule has 14 nitrogen and oxygen atoms in total. The molecular weight excluding hydrogens is 1300 g/mol. The molecule has 8 aromatic rings. The number of rotatable bonds is 25. The molecule has 0 aliphatic carbocycles. The predicted octanol–water partition coefficient (Wildman–Crippen LogP) is 17.8.